The number of rotatable bonds is 12. The molecule has 244 valence electrons. The predicted octanol–water partition coefficient (Wildman–Crippen LogP) is 7.69. The van der Waals surface area contributed by atoms with Crippen molar-refractivity contribution in [1.29, 1.82) is 5.26 Å². The van der Waals surface area contributed by atoms with E-state index in [1.165, 1.54) is 24.3 Å². The second kappa shape index (κ2) is 14.0. The Hall–Kier alpha value is -5.60. The van der Waals surface area contributed by atoms with E-state index in [0.717, 1.165) is 40.8 Å². The third kappa shape index (κ3) is 7.51. The van der Waals surface area contributed by atoms with Crippen molar-refractivity contribution in [1.82, 2.24) is 15.1 Å². The molecule has 8 nitrogen and oxygen atoms in total. The minimum absolute atomic E-state index is 0.147. The largest absolute Gasteiger partial charge is 0.493 e. The summed E-state index contributed by atoms with van der Waals surface area (Å²) in [6, 6.07) is 30.8. The monoisotopic (exact) mass is 651 g/mol. The molecule has 0 radical (unpaired) electrons. The first-order valence-electron chi connectivity index (χ1n) is 15.4. The number of ether oxygens (including phenoxy) is 2. The number of nitrogens with one attached hydrogen (secondary N) is 2. The van der Waals surface area contributed by atoms with Gasteiger partial charge in [0.1, 0.15) is 12.3 Å². The molecule has 1 aromatic heterocycles. The van der Waals surface area contributed by atoms with Gasteiger partial charge in [0, 0.05) is 17.3 Å². The zero-order valence-corrected chi connectivity index (χ0v) is 26.0. The van der Waals surface area contributed by atoms with Crippen LogP contribution in [0.2, 0.25) is 0 Å². The average molecular weight is 652 g/mol. The van der Waals surface area contributed by atoms with Crippen molar-refractivity contribution in [3.8, 4) is 23.3 Å². The van der Waals surface area contributed by atoms with E-state index >= 15 is 0 Å². The molecule has 6 rings (SSSR count). The Kier molecular flexibility index (Phi) is 9.45. The lowest BCUT2D eigenvalue weighted by Gasteiger charge is -2.24. The summed E-state index contributed by atoms with van der Waals surface area (Å²) in [5.41, 5.74) is 1.80. The SMILES string of the molecule is COc1cccc(C(NCC2CC2)c2cccc(NC(=O)c3cc(C(F)(F)F)nn3-c3cccc(C#N)c3)c2)c1OCc1ccccc1. The fourth-order valence-corrected chi connectivity index (χ4v) is 5.40. The third-order valence-electron chi connectivity index (χ3n) is 8.00. The molecule has 1 atom stereocenters. The summed E-state index contributed by atoms with van der Waals surface area (Å²) >= 11 is 0. The van der Waals surface area contributed by atoms with Crippen LogP contribution in [0, 0.1) is 17.2 Å². The van der Waals surface area contributed by atoms with Crippen molar-refractivity contribution < 1.29 is 27.4 Å². The smallest absolute Gasteiger partial charge is 0.435 e. The fraction of sp³-hybridized carbons (Fsp3) is 0.216. The standard InChI is InChI=1S/C37H32F3N5O3/c1-47-32-15-7-14-30(35(32)48-23-25-8-3-2-4-9-25)34(42-22-24-16-17-24)27-11-6-12-28(19-27)43-36(46)31-20-33(37(38,39)40)44-45(31)29-13-5-10-26(18-29)21-41/h2-15,18-20,24,34,42H,16-17,22-23H2,1H3,(H,43,46). The number of methoxy groups -OCH3 is 1. The van der Waals surface area contributed by atoms with Crippen molar-refractivity contribution in [2.45, 2.75) is 31.7 Å². The molecular formula is C37H32F3N5O3. The molecule has 1 fully saturated rings. The first-order chi connectivity index (χ1) is 23.2. The predicted molar refractivity (Wildman–Crippen MR) is 174 cm³/mol. The van der Waals surface area contributed by atoms with Gasteiger partial charge in [-0.1, -0.05) is 60.7 Å². The first kappa shape index (κ1) is 32.3. The van der Waals surface area contributed by atoms with Gasteiger partial charge in [0.25, 0.3) is 5.91 Å². The number of carbonyl (C=O) groups excluding carboxylic acids is 1. The minimum Gasteiger partial charge on any atom is -0.493 e. The number of hydrogen-bond acceptors (Lipinski definition) is 6. The van der Waals surface area contributed by atoms with Gasteiger partial charge in [-0.05, 0) is 72.8 Å². The Labute approximate surface area is 275 Å². The van der Waals surface area contributed by atoms with E-state index in [9.17, 15) is 23.2 Å². The van der Waals surface area contributed by atoms with Crippen LogP contribution >= 0.6 is 0 Å². The van der Waals surface area contributed by atoms with E-state index in [0.29, 0.717) is 35.8 Å². The maximum absolute atomic E-state index is 13.7. The lowest BCUT2D eigenvalue weighted by molar-refractivity contribution is -0.141. The second-order valence-corrected chi connectivity index (χ2v) is 11.5. The van der Waals surface area contributed by atoms with Gasteiger partial charge in [-0.15, -0.1) is 0 Å². The van der Waals surface area contributed by atoms with Gasteiger partial charge < -0.3 is 20.1 Å². The number of alkyl halides is 3. The molecule has 0 saturated heterocycles. The van der Waals surface area contributed by atoms with Gasteiger partial charge >= 0.3 is 6.18 Å². The molecule has 48 heavy (non-hydrogen) atoms. The third-order valence-corrected chi connectivity index (χ3v) is 8.00. The van der Waals surface area contributed by atoms with Crippen LogP contribution in [-0.2, 0) is 12.8 Å². The summed E-state index contributed by atoms with van der Waals surface area (Å²) in [6.45, 7) is 1.09. The van der Waals surface area contributed by atoms with Crippen LogP contribution in [0.1, 0.15) is 57.3 Å². The molecule has 1 aliphatic carbocycles. The average Bonchev–Trinajstić information content (AvgIpc) is 3.81. The summed E-state index contributed by atoms with van der Waals surface area (Å²) in [5, 5.41) is 19.4. The van der Waals surface area contributed by atoms with Crippen LogP contribution in [0.15, 0.2) is 103 Å². The van der Waals surface area contributed by atoms with Crippen molar-refractivity contribution in [2.24, 2.45) is 5.92 Å². The molecule has 1 aliphatic rings. The van der Waals surface area contributed by atoms with Gasteiger partial charge in [0.2, 0.25) is 0 Å². The summed E-state index contributed by atoms with van der Waals surface area (Å²) in [7, 11) is 1.59. The lowest BCUT2D eigenvalue weighted by Crippen LogP contribution is -2.25. The Morgan fingerprint density at radius 2 is 1.77 bits per heavy atom. The number of nitrogens with zero attached hydrogens (tertiary/aromatic N) is 3. The van der Waals surface area contributed by atoms with Gasteiger partial charge in [-0.2, -0.15) is 23.5 Å². The molecule has 1 unspecified atom stereocenters. The molecule has 1 amide bonds. The quantitative estimate of drug-likeness (QED) is 0.144. The number of anilines is 1. The summed E-state index contributed by atoms with van der Waals surface area (Å²) in [6.07, 6.45) is -2.52. The first-order valence-corrected chi connectivity index (χ1v) is 15.4. The highest BCUT2D eigenvalue weighted by Gasteiger charge is 2.36. The molecule has 1 heterocycles. The summed E-state index contributed by atoms with van der Waals surface area (Å²) in [5.74, 6) is 0.903. The molecule has 2 N–H and O–H groups in total. The van der Waals surface area contributed by atoms with Crippen LogP contribution in [0.4, 0.5) is 18.9 Å². The molecule has 5 aromatic rings. The number of amides is 1. The summed E-state index contributed by atoms with van der Waals surface area (Å²) in [4.78, 5) is 13.6. The summed E-state index contributed by atoms with van der Waals surface area (Å²) < 4.78 is 54.1. The minimum atomic E-state index is -4.79. The van der Waals surface area contributed by atoms with E-state index in [1.807, 2.05) is 60.7 Å². The van der Waals surface area contributed by atoms with Gasteiger partial charge in [0.15, 0.2) is 17.2 Å². The van der Waals surface area contributed by atoms with Crippen LogP contribution < -0.4 is 20.1 Å². The number of carbonyl (C=O) groups is 1. The number of benzene rings is 4. The molecular weight excluding hydrogens is 619 g/mol. The van der Waals surface area contributed by atoms with Gasteiger partial charge in [-0.25, -0.2) is 4.68 Å². The second-order valence-electron chi connectivity index (χ2n) is 11.5. The van der Waals surface area contributed by atoms with E-state index in [4.69, 9.17) is 9.47 Å². The van der Waals surface area contributed by atoms with E-state index in [2.05, 4.69) is 15.7 Å². The molecule has 1 saturated carbocycles. The molecule has 0 spiro atoms. The normalized spacial score (nSPS) is 13.4. The van der Waals surface area contributed by atoms with Crippen molar-refractivity contribution in [2.75, 3.05) is 19.0 Å². The van der Waals surface area contributed by atoms with Crippen molar-refractivity contribution >= 4 is 11.6 Å². The molecule has 4 aromatic carbocycles. The zero-order chi connectivity index (χ0) is 33.7. The number of para-hydroxylation sites is 1. The number of halogens is 3. The molecule has 0 aliphatic heterocycles. The topological polar surface area (TPSA) is 101 Å². The van der Waals surface area contributed by atoms with Crippen molar-refractivity contribution in [3.63, 3.8) is 0 Å². The molecule has 0 bridgehead atoms. The van der Waals surface area contributed by atoms with E-state index < -0.39 is 17.8 Å². The van der Waals surface area contributed by atoms with Gasteiger partial charge in [0.05, 0.1) is 30.5 Å². The lowest BCUT2D eigenvalue weighted by atomic mass is 9.96. The Balaban J connectivity index is 1.33. The highest BCUT2D eigenvalue weighted by atomic mass is 19.4. The van der Waals surface area contributed by atoms with E-state index in [-0.39, 0.29) is 23.0 Å². The van der Waals surface area contributed by atoms with Crippen LogP contribution in [0.5, 0.6) is 11.5 Å². The highest BCUT2D eigenvalue weighted by Crippen LogP contribution is 2.39. The Morgan fingerprint density at radius 1 is 1.00 bits per heavy atom. The van der Waals surface area contributed by atoms with Crippen molar-refractivity contribution in [3.05, 3.63) is 137 Å². The maximum Gasteiger partial charge on any atom is 0.435 e. The van der Waals surface area contributed by atoms with Crippen LogP contribution in [0.3, 0.4) is 0 Å². The molecule has 11 heteroatoms. The zero-order valence-electron chi connectivity index (χ0n) is 26.0. The fourth-order valence-electron chi connectivity index (χ4n) is 5.40. The van der Waals surface area contributed by atoms with Crippen LogP contribution in [0.25, 0.3) is 5.69 Å². The van der Waals surface area contributed by atoms with Crippen LogP contribution in [-0.4, -0.2) is 29.3 Å². The highest BCUT2D eigenvalue weighted by molar-refractivity contribution is 6.03. The van der Waals surface area contributed by atoms with E-state index in [1.54, 1.807) is 25.3 Å². The maximum atomic E-state index is 13.7. The number of hydrogen-bond donors (Lipinski definition) is 2. The Bertz CT molecular complexity index is 1950. The van der Waals surface area contributed by atoms with Gasteiger partial charge in [-0.3, -0.25) is 4.79 Å². The number of aromatic nitrogens is 2. The number of nitriles is 1. The Morgan fingerprint density at radius 3 is 2.50 bits per heavy atom.